The average Bonchev–Trinajstić information content (AvgIpc) is 2.64. The molecule has 3 N–H and O–H groups in total. The number of esters is 1. The third-order valence-electron chi connectivity index (χ3n) is 8.19. The molecule has 0 aromatic rings. The van der Waals surface area contributed by atoms with Crippen LogP contribution in [0.25, 0.3) is 0 Å². The molecule has 2 fully saturated rings. The largest absolute Gasteiger partial charge is 0.458 e. The summed E-state index contributed by atoms with van der Waals surface area (Å²) in [5, 5.41) is 33.7. The van der Waals surface area contributed by atoms with E-state index in [1.54, 1.807) is 13.8 Å². The average molecular weight is 489 g/mol. The Labute approximate surface area is 195 Å². The number of ether oxygens (including phenoxy) is 1. The van der Waals surface area contributed by atoms with Crippen molar-refractivity contribution >= 4 is 21.9 Å². The summed E-state index contributed by atoms with van der Waals surface area (Å²) in [5.74, 6) is -2.33. The SMILES string of the molecule is CC(=O)O[C@H]1C[C@H]2[C@@H](O)[C@H]3[C@@](C)(CC[C@H](OS(C)(=O)=O)[C@@]3(O)CO)CC(=O)C(=C1C)C2(C)C. The predicted molar refractivity (Wildman–Crippen MR) is 118 cm³/mol. The number of rotatable bonds is 4. The second-order valence-electron chi connectivity index (χ2n) is 10.9. The van der Waals surface area contributed by atoms with Crippen LogP contribution in [-0.4, -0.2) is 72.3 Å². The molecule has 0 aliphatic heterocycles. The highest BCUT2D eigenvalue weighted by atomic mass is 32.2. The summed E-state index contributed by atoms with van der Waals surface area (Å²) in [4.78, 5) is 25.4. The summed E-state index contributed by atoms with van der Waals surface area (Å²) in [6.45, 7) is 7.67. The van der Waals surface area contributed by atoms with E-state index in [4.69, 9.17) is 8.92 Å². The third-order valence-corrected chi connectivity index (χ3v) is 8.77. The first-order valence-corrected chi connectivity index (χ1v) is 13.1. The van der Waals surface area contributed by atoms with E-state index in [2.05, 4.69) is 0 Å². The van der Waals surface area contributed by atoms with Gasteiger partial charge >= 0.3 is 5.97 Å². The summed E-state index contributed by atoms with van der Waals surface area (Å²) >= 11 is 0. The van der Waals surface area contributed by atoms with Crippen LogP contribution in [0, 0.1) is 22.7 Å². The summed E-state index contributed by atoms with van der Waals surface area (Å²) < 4.78 is 34.4. The van der Waals surface area contributed by atoms with Crippen LogP contribution >= 0.6 is 0 Å². The topological polar surface area (TPSA) is 147 Å². The van der Waals surface area contributed by atoms with Gasteiger partial charge < -0.3 is 20.1 Å². The molecule has 3 aliphatic rings. The first kappa shape index (κ1) is 26.3. The zero-order chi connectivity index (χ0) is 25.1. The second-order valence-corrected chi connectivity index (χ2v) is 12.5. The Morgan fingerprint density at radius 2 is 1.85 bits per heavy atom. The van der Waals surface area contributed by atoms with Crippen LogP contribution in [0.5, 0.6) is 0 Å². The molecule has 0 saturated heterocycles. The third kappa shape index (κ3) is 4.40. The number of fused-ring (bicyclic) bond motifs is 3. The first-order chi connectivity index (χ1) is 15.0. The van der Waals surface area contributed by atoms with Crippen LogP contribution < -0.4 is 0 Å². The number of carbonyl (C=O) groups excluding carboxylic acids is 2. The molecule has 2 saturated carbocycles. The van der Waals surface area contributed by atoms with Gasteiger partial charge in [0.2, 0.25) is 0 Å². The Kier molecular flexibility index (Phi) is 6.69. The Hall–Kier alpha value is -1.33. The molecule has 0 aromatic heterocycles. The monoisotopic (exact) mass is 488 g/mol. The molecule has 3 aliphatic carbocycles. The summed E-state index contributed by atoms with van der Waals surface area (Å²) in [6, 6.07) is 0. The Bertz CT molecular complexity index is 968. The van der Waals surface area contributed by atoms with Gasteiger partial charge in [-0.05, 0) is 48.5 Å². The van der Waals surface area contributed by atoms with E-state index in [-0.39, 0.29) is 25.0 Å². The lowest BCUT2D eigenvalue weighted by Crippen LogP contribution is -2.68. The van der Waals surface area contributed by atoms with Crippen molar-refractivity contribution < 1.29 is 42.2 Å². The van der Waals surface area contributed by atoms with E-state index >= 15 is 0 Å². The minimum atomic E-state index is -3.96. The molecule has 0 amide bonds. The van der Waals surface area contributed by atoms with Crippen molar-refractivity contribution in [2.75, 3.05) is 12.9 Å². The van der Waals surface area contributed by atoms with E-state index in [9.17, 15) is 33.3 Å². The lowest BCUT2D eigenvalue weighted by Gasteiger charge is -2.59. The van der Waals surface area contributed by atoms with Crippen molar-refractivity contribution in [1.82, 2.24) is 0 Å². The number of hydrogen-bond donors (Lipinski definition) is 3. The van der Waals surface area contributed by atoms with Crippen LogP contribution in [0.3, 0.4) is 0 Å². The minimum Gasteiger partial charge on any atom is -0.458 e. The molecule has 3 rings (SSSR count). The molecule has 2 bridgehead atoms. The standard InChI is InChI=1S/C23H36O9S/c1-12-16(31-13(2)25)9-14-19(27)20-22(5,10-15(26)18(12)21(14,3)4)8-7-17(23(20,28)11-24)32-33(6,29)30/h14,16-17,19-20,24,27-28H,7-11H2,1-6H3/t14-,16-,17-,19+,20-,22-,23-/m0/s1. The van der Waals surface area contributed by atoms with Crippen molar-refractivity contribution in [3.63, 3.8) is 0 Å². The van der Waals surface area contributed by atoms with Gasteiger partial charge in [-0.25, -0.2) is 0 Å². The van der Waals surface area contributed by atoms with E-state index < -0.39 is 69.3 Å². The number of ketones is 1. The number of aliphatic hydroxyl groups is 3. The molecule has 0 radical (unpaired) electrons. The Balaban J connectivity index is 2.19. The van der Waals surface area contributed by atoms with Gasteiger partial charge in [-0.1, -0.05) is 20.8 Å². The molecule has 33 heavy (non-hydrogen) atoms. The van der Waals surface area contributed by atoms with Gasteiger partial charge in [-0.15, -0.1) is 0 Å². The summed E-state index contributed by atoms with van der Waals surface area (Å²) in [6.07, 6.45) is -1.72. The van der Waals surface area contributed by atoms with Crippen LogP contribution in [0.1, 0.15) is 60.3 Å². The van der Waals surface area contributed by atoms with Crippen molar-refractivity contribution in [2.24, 2.45) is 22.7 Å². The fourth-order valence-electron chi connectivity index (χ4n) is 6.85. The number of allylic oxidation sites excluding steroid dienone is 1. The molecule has 0 heterocycles. The number of aliphatic hydroxyl groups excluding tert-OH is 2. The molecule has 9 nitrogen and oxygen atoms in total. The van der Waals surface area contributed by atoms with Gasteiger partial charge in [0.25, 0.3) is 10.1 Å². The molecular weight excluding hydrogens is 452 g/mol. The highest BCUT2D eigenvalue weighted by Crippen LogP contribution is 2.59. The van der Waals surface area contributed by atoms with Gasteiger partial charge in [0.1, 0.15) is 17.8 Å². The molecule has 188 valence electrons. The fraction of sp³-hybridized carbons (Fsp3) is 0.826. The molecule has 7 atom stereocenters. The van der Waals surface area contributed by atoms with Gasteiger partial charge in [0, 0.05) is 24.8 Å². The summed E-state index contributed by atoms with van der Waals surface area (Å²) in [5.41, 5.74) is -2.64. The van der Waals surface area contributed by atoms with Crippen molar-refractivity contribution in [3.05, 3.63) is 11.1 Å². The number of hydrogen-bond acceptors (Lipinski definition) is 9. The predicted octanol–water partition coefficient (Wildman–Crippen LogP) is 1.10. The van der Waals surface area contributed by atoms with Gasteiger partial charge in [0.15, 0.2) is 5.78 Å². The lowest BCUT2D eigenvalue weighted by atomic mass is 9.48. The van der Waals surface area contributed by atoms with Crippen molar-refractivity contribution in [1.29, 1.82) is 0 Å². The van der Waals surface area contributed by atoms with Gasteiger partial charge in [-0.3, -0.25) is 13.8 Å². The molecular formula is C23H36O9S. The maximum atomic E-state index is 13.7. The normalized spacial score (nSPS) is 41.1. The lowest BCUT2D eigenvalue weighted by molar-refractivity contribution is -0.231. The maximum absolute atomic E-state index is 13.7. The number of Topliss-reactive ketones (excluding diaryl/α,β-unsaturated/α-hetero) is 1. The van der Waals surface area contributed by atoms with E-state index in [1.807, 2.05) is 13.8 Å². The molecule has 0 unspecified atom stereocenters. The smallest absolute Gasteiger partial charge is 0.303 e. The van der Waals surface area contributed by atoms with Crippen molar-refractivity contribution in [3.8, 4) is 0 Å². The van der Waals surface area contributed by atoms with E-state index in [1.165, 1.54) is 6.92 Å². The first-order valence-electron chi connectivity index (χ1n) is 11.3. The summed E-state index contributed by atoms with van der Waals surface area (Å²) in [7, 11) is -3.96. The van der Waals surface area contributed by atoms with Crippen LogP contribution in [0.15, 0.2) is 11.1 Å². The fourth-order valence-corrected chi connectivity index (χ4v) is 7.53. The highest BCUT2D eigenvalue weighted by molar-refractivity contribution is 7.86. The zero-order valence-corrected chi connectivity index (χ0v) is 20.9. The quantitative estimate of drug-likeness (QED) is 0.391. The minimum absolute atomic E-state index is 0.0156. The Morgan fingerprint density at radius 3 is 2.36 bits per heavy atom. The maximum Gasteiger partial charge on any atom is 0.303 e. The highest BCUT2D eigenvalue weighted by Gasteiger charge is 2.64. The second kappa shape index (κ2) is 8.41. The van der Waals surface area contributed by atoms with E-state index in [0.29, 0.717) is 17.6 Å². The van der Waals surface area contributed by atoms with Crippen LogP contribution in [-0.2, 0) is 28.6 Å². The van der Waals surface area contributed by atoms with Crippen LogP contribution in [0.2, 0.25) is 0 Å². The van der Waals surface area contributed by atoms with Crippen LogP contribution in [0.4, 0.5) is 0 Å². The zero-order valence-electron chi connectivity index (χ0n) is 20.1. The van der Waals surface area contributed by atoms with Gasteiger partial charge in [0.05, 0.1) is 19.0 Å². The number of carbonyl (C=O) groups is 2. The van der Waals surface area contributed by atoms with Crippen molar-refractivity contribution in [2.45, 2.75) is 84.2 Å². The van der Waals surface area contributed by atoms with Gasteiger partial charge in [-0.2, -0.15) is 8.42 Å². The Morgan fingerprint density at radius 1 is 1.24 bits per heavy atom. The molecule has 0 spiro atoms. The molecule has 0 aromatic carbocycles. The molecule has 10 heteroatoms. The van der Waals surface area contributed by atoms with E-state index in [0.717, 1.165) is 6.26 Å².